The van der Waals surface area contributed by atoms with Crippen LogP contribution in [0, 0.1) is 6.08 Å². The van der Waals surface area contributed by atoms with Crippen molar-refractivity contribution in [3.05, 3.63) is 60.3 Å². The maximum Gasteiger partial charge on any atom is 0.268 e. The summed E-state index contributed by atoms with van der Waals surface area (Å²) in [4.78, 5) is 27.6. The van der Waals surface area contributed by atoms with Gasteiger partial charge in [0.05, 0.1) is 0 Å². The second-order valence-corrected chi connectivity index (χ2v) is 5.06. The van der Waals surface area contributed by atoms with Gasteiger partial charge >= 0.3 is 0 Å². The zero-order valence-corrected chi connectivity index (χ0v) is 11.6. The lowest BCUT2D eigenvalue weighted by Gasteiger charge is -2.29. The van der Waals surface area contributed by atoms with Crippen molar-refractivity contribution < 1.29 is 9.59 Å². The van der Waals surface area contributed by atoms with Crippen molar-refractivity contribution in [3.8, 4) is 0 Å². The summed E-state index contributed by atoms with van der Waals surface area (Å²) < 4.78 is 0. The monoisotopic (exact) mass is 279 g/mol. The van der Waals surface area contributed by atoms with Crippen LogP contribution in [0.2, 0.25) is 0 Å². The molecule has 0 fully saturated rings. The first-order valence-electron chi connectivity index (χ1n) is 6.86. The van der Waals surface area contributed by atoms with Crippen molar-refractivity contribution in [2.45, 2.75) is 18.9 Å². The molecule has 21 heavy (non-hydrogen) atoms. The summed E-state index contributed by atoms with van der Waals surface area (Å²) in [5.41, 5.74) is 0.371. The molecule has 0 bridgehead atoms. The number of hydrogen-bond acceptors (Lipinski definition) is 2. The summed E-state index contributed by atoms with van der Waals surface area (Å²) in [5, 5.41) is 3.80. The van der Waals surface area contributed by atoms with Gasteiger partial charge in [-0.25, -0.2) is 0 Å². The molecule has 1 atom stereocenters. The molecule has 1 aromatic heterocycles. The quantitative estimate of drug-likeness (QED) is 0.907. The van der Waals surface area contributed by atoms with Crippen LogP contribution in [0.4, 0.5) is 0 Å². The first kappa shape index (κ1) is 13.4. The molecule has 2 N–H and O–H groups in total. The molecule has 0 saturated heterocycles. The minimum Gasteiger partial charge on any atom is -0.351 e. The van der Waals surface area contributed by atoms with E-state index in [9.17, 15) is 9.59 Å². The van der Waals surface area contributed by atoms with Crippen molar-refractivity contribution in [1.29, 1.82) is 0 Å². The second-order valence-electron chi connectivity index (χ2n) is 5.06. The smallest absolute Gasteiger partial charge is 0.268 e. The summed E-state index contributed by atoms with van der Waals surface area (Å²) in [6.07, 6.45) is 7.96. The van der Waals surface area contributed by atoms with Gasteiger partial charge in [-0.1, -0.05) is 37.3 Å². The third-order valence-electron chi connectivity index (χ3n) is 3.79. The van der Waals surface area contributed by atoms with E-state index in [4.69, 9.17) is 0 Å². The molecule has 1 aliphatic rings. The number of amides is 1. The summed E-state index contributed by atoms with van der Waals surface area (Å²) >= 11 is 0. The van der Waals surface area contributed by atoms with Gasteiger partial charge in [0.1, 0.15) is 11.2 Å². The van der Waals surface area contributed by atoms with Gasteiger partial charge in [-0.2, -0.15) is 0 Å². The molecule has 3 rings (SSSR count). The van der Waals surface area contributed by atoms with Gasteiger partial charge in [-0.05, 0) is 30.7 Å². The van der Waals surface area contributed by atoms with Crippen molar-refractivity contribution in [2.24, 2.45) is 0 Å². The standard InChI is InChI=1S/C17H15N2O2/c1-2-17(10-6-5-9-15(17)20)19-16(21)14-11-12-7-3-4-8-13(12)18-14/h3-4,6-11,18H,2H2,1H3,(H,19,21). The molecule has 0 spiro atoms. The minimum atomic E-state index is -0.973. The Hall–Kier alpha value is -2.62. The number of aromatic nitrogens is 1. The van der Waals surface area contributed by atoms with Crippen molar-refractivity contribution >= 4 is 22.6 Å². The Morgan fingerprint density at radius 2 is 2.19 bits per heavy atom. The van der Waals surface area contributed by atoms with Crippen LogP contribution in [0.25, 0.3) is 10.9 Å². The molecule has 0 saturated carbocycles. The van der Waals surface area contributed by atoms with Crippen LogP contribution < -0.4 is 5.32 Å². The largest absolute Gasteiger partial charge is 0.351 e. The highest BCUT2D eigenvalue weighted by molar-refractivity contribution is 6.06. The number of carbonyl (C=O) groups is 2. The van der Waals surface area contributed by atoms with Crippen LogP contribution in [-0.2, 0) is 4.79 Å². The summed E-state index contributed by atoms with van der Waals surface area (Å²) in [7, 11) is 0. The molecule has 105 valence electrons. The maximum atomic E-state index is 12.4. The number of allylic oxidation sites excluding steroid dienone is 2. The molecule has 4 nitrogen and oxygen atoms in total. The molecule has 1 unspecified atom stereocenters. The fourth-order valence-electron chi connectivity index (χ4n) is 2.47. The molecule has 1 aromatic carbocycles. The zero-order chi connectivity index (χ0) is 14.9. The lowest BCUT2D eigenvalue weighted by atomic mass is 9.87. The molecule has 2 aromatic rings. The fraction of sp³-hybridized carbons (Fsp3) is 0.176. The number of carbonyl (C=O) groups excluding carboxylic acids is 2. The lowest BCUT2D eigenvalue weighted by Crippen LogP contribution is -2.52. The summed E-state index contributed by atoms with van der Waals surface area (Å²) in [6, 6.07) is 9.45. The van der Waals surface area contributed by atoms with Crippen LogP contribution in [-0.4, -0.2) is 22.2 Å². The number of hydrogen-bond donors (Lipinski definition) is 2. The van der Waals surface area contributed by atoms with E-state index in [-0.39, 0.29) is 11.7 Å². The molecule has 4 heteroatoms. The van der Waals surface area contributed by atoms with Gasteiger partial charge in [0.25, 0.3) is 5.91 Å². The van der Waals surface area contributed by atoms with Crippen LogP contribution >= 0.6 is 0 Å². The first-order chi connectivity index (χ1) is 10.1. The maximum absolute atomic E-state index is 12.4. The van der Waals surface area contributed by atoms with Gasteiger partial charge in [0.2, 0.25) is 0 Å². The first-order valence-corrected chi connectivity index (χ1v) is 6.86. The third kappa shape index (κ3) is 2.29. The normalized spacial score (nSPS) is 20.9. The SMILES string of the molecule is CCC1(NC(=O)c2cc3ccccc3[nH]2)C=C[C]=CC1=O. The molecule has 1 radical (unpaired) electrons. The highest BCUT2D eigenvalue weighted by Crippen LogP contribution is 2.20. The van der Waals surface area contributed by atoms with Crippen LogP contribution in [0.1, 0.15) is 23.8 Å². The van der Waals surface area contributed by atoms with E-state index in [0.29, 0.717) is 12.1 Å². The molecule has 1 heterocycles. The van der Waals surface area contributed by atoms with Gasteiger partial charge < -0.3 is 10.3 Å². The number of H-pyrrole nitrogens is 1. The van der Waals surface area contributed by atoms with E-state index in [1.807, 2.05) is 31.2 Å². The molecular formula is C17H15N2O2. The molecular weight excluding hydrogens is 264 g/mol. The molecule has 0 aliphatic heterocycles. The average molecular weight is 279 g/mol. The van der Waals surface area contributed by atoms with Crippen molar-refractivity contribution in [1.82, 2.24) is 10.3 Å². The predicted octanol–water partition coefficient (Wildman–Crippen LogP) is 2.54. The lowest BCUT2D eigenvalue weighted by molar-refractivity contribution is -0.119. The highest BCUT2D eigenvalue weighted by atomic mass is 16.2. The Bertz CT molecular complexity index is 737. The Labute approximate surface area is 122 Å². The Morgan fingerprint density at radius 3 is 2.90 bits per heavy atom. The Morgan fingerprint density at radius 1 is 1.38 bits per heavy atom. The number of para-hydroxylation sites is 1. The van der Waals surface area contributed by atoms with Crippen LogP contribution in [0.3, 0.4) is 0 Å². The number of aromatic amines is 1. The van der Waals surface area contributed by atoms with E-state index < -0.39 is 5.54 Å². The number of fused-ring (bicyclic) bond motifs is 1. The second kappa shape index (κ2) is 5.05. The van der Waals surface area contributed by atoms with E-state index >= 15 is 0 Å². The summed E-state index contributed by atoms with van der Waals surface area (Å²) in [6.45, 7) is 1.87. The van der Waals surface area contributed by atoms with Gasteiger partial charge in [0.15, 0.2) is 5.78 Å². The number of benzene rings is 1. The van der Waals surface area contributed by atoms with Gasteiger partial charge in [0, 0.05) is 10.9 Å². The topological polar surface area (TPSA) is 62.0 Å². The third-order valence-corrected chi connectivity index (χ3v) is 3.79. The van der Waals surface area contributed by atoms with Crippen molar-refractivity contribution in [2.75, 3.05) is 0 Å². The number of nitrogens with one attached hydrogen (secondary N) is 2. The summed E-state index contributed by atoms with van der Waals surface area (Å²) in [5.74, 6) is -0.446. The Balaban J connectivity index is 1.90. The van der Waals surface area contributed by atoms with Crippen molar-refractivity contribution in [3.63, 3.8) is 0 Å². The highest BCUT2D eigenvalue weighted by Gasteiger charge is 2.35. The van der Waals surface area contributed by atoms with E-state index in [0.717, 1.165) is 10.9 Å². The van der Waals surface area contributed by atoms with Gasteiger partial charge in [-0.3, -0.25) is 9.59 Å². The van der Waals surface area contributed by atoms with E-state index in [1.54, 1.807) is 18.2 Å². The average Bonchev–Trinajstić information content (AvgIpc) is 2.94. The van der Waals surface area contributed by atoms with E-state index in [1.165, 1.54) is 6.08 Å². The Kier molecular flexibility index (Phi) is 3.22. The minimum absolute atomic E-state index is 0.156. The zero-order valence-electron chi connectivity index (χ0n) is 11.6. The number of ketones is 1. The molecule has 1 aliphatic carbocycles. The van der Waals surface area contributed by atoms with Gasteiger partial charge in [-0.15, -0.1) is 0 Å². The van der Waals surface area contributed by atoms with Crippen LogP contribution in [0.5, 0.6) is 0 Å². The molecule has 1 amide bonds. The predicted molar refractivity (Wildman–Crippen MR) is 80.7 cm³/mol. The van der Waals surface area contributed by atoms with E-state index in [2.05, 4.69) is 16.4 Å². The fourth-order valence-corrected chi connectivity index (χ4v) is 2.47. The number of rotatable bonds is 3. The van der Waals surface area contributed by atoms with Crippen LogP contribution in [0.15, 0.2) is 48.6 Å².